The van der Waals surface area contributed by atoms with Crippen molar-refractivity contribution in [2.45, 2.75) is 45.1 Å². The topological polar surface area (TPSA) is 38.1 Å². The van der Waals surface area contributed by atoms with Crippen LogP contribution >= 0.6 is 0 Å². The Hall–Kier alpha value is -2.62. The molecule has 2 heterocycles. The lowest BCUT2D eigenvalue weighted by molar-refractivity contribution is -0.127. The zero-order valence-corrected chi connectivity index (χ0v) is 16.0. The van der Waals surface area contributed by atoms with E-state index in [0.717, 1.165) is 50.2 Å². The highest BCUT2D eigenvalue weighted by Crippen LogP contribution is 2.30. The lowest BCUT2D eigenvalue weighted by atomic mass is 10.1. The number of carbonyl (C=O) groups excluding carboxylic acids is 1. The summed E-state index contributed by atoms with van der Waals surface area (Å²) < 4.78 is 2.34. The van der Waals surface area contributed by atoms with E-state index in [2.05, 4.69) is 54.0 Å². The Labute approximate surface area is 160 Å². The number of aryl methyl sites for hydroxylation is 1. The molecule has 1 fully saturated rings. The van der Waals surface area contributed by atoms with Gasteiger partial charge in [0.1, 0.15) is 5.82 Å². The molecule has 1 amide bonds. The summed E-state index contributed by atoms with van der Waals surface area (Å²) >= 11 is 0. The Balaban J connectivity index is 1.53. The van der Waals surface area contributed by atoms with Crippen LogP contribution in [0.4, 0.5) is 0 Å². The normalized spacial score (nSPS) is 17.1. The van der Waals surface area contributed by atoms with Crippen molar-refractivity contribution in [1.29, 1.82) is 0 Å². The number of unbranched alkanes of at least 4 members (excludes halogenated alkanes) is 1. The highest BCUT2D eigenvalue weighted by Gasteiger charge is 2.33. The fraction of sp³-hybridized carbons (Fsp3) is 0.391. The highest BCUT2D eigenvalue weighted by molar-refractivity contribution is 5.81. The number of fused-ring (bicyclic) bond motifs is 1. The number of para-hydroxylation sites is 2. The minimum atomic E-state index is 0.192. The molecule has 0 aliphatic carbocycles. The molecular formula is C23H27N3O. The van der Waals surface area contributed by atoms with Crippen molar-refractivity contribution in [2.24, 2.45) is 0 Å². The smallest absolute Gasteiger partial charge is 0.223 e. The fourth-order valence-electron chi connectivity index (χ4n) is 4.03. The third-order valence-corrected chi connectivity index (χ3v) is 5.51. The van der Waals surface area contributed by atoms with Crippen LogP contribution in [0.2, 0.25) is 0 Å². The van der Waals surface area contributed by atoms with Crippen molar-refractivity contribution < 1.29 is 4.79 Å². The third-order valence-electron chi connectivity index (χ3n) is 5.51. The standard InChI is InChI=1S/C23H27N3O/c1-2-3-14-26-21-12-8-7-11-20(21)24-23(26)19-16-22(27)25(17-19)15-13-18-9-5-4-6-10-18/h4-12,19H,2-3,13-17H2,1H3. The molecule has 1 aliphatic heterocycles. The molecule has 3 aromatic rings. The van der Waals surface area contributed by atoms with E-state index in [4.69, 9.17) is 4.98 Å². The first-order valence-electron chi connectivity index (χ1n) is 10.0. The molecule has 0 radical (unpaired) electrons. The molecule has 4 heteroatoms. The summed E-state index contributed by atoms with van der Waals surface area (Å²) in [5.41, 5.74) is 3.51. The molecule has 0 bridgehead atoms. The van der Waals surface area contributed by atoms with Gasteiger partial charge < -0.3 is 9.47 Å². The SMILES string of the molecule is CCCCn1c(C2CC(=O)N(CCc3ccccc3)C2)nc2ccccc21. The molecule has 1 saturated heterocycles. The number of amides is 1. The van der Waals surface area contributed by atoms with Crippen LogP contribution in [0.15, 0.2) is 54.6 Å². The van der Waals surface area contributed by atoms with Crippen LogP contribution in [0, 0.1) is 0 Å². The van der Waals surface area contributed by atoms with Gasteiger partial charge >= 0.3 is 0 Å². The second-order valence-corrected chi connectivity index (χ2v) is 7.44. The zero-order valence-electron chi connectivity index (χ0n) is 16.0. The van der Waals surface area contributed by atoms with Crippen molar-refractivity contribution in [3.05, 3.63) is 66.0 Å². The second-order valence-electron chi connectivity index (χ2n) is 7.44. The molecular weight excluding hydrogens is 334 g/mol. The maximum absolute atomic E-state index is 12.6. The number of carbonyl (C=O) groups is 1. The molecule has 0 N–H and O–H groups in total. The van der Waals surface area contributed by atoms with Crippen molar-refractivity contribution >= 4 is 16.9 Å². The van der Waals surface area contributed by atoms with Crippen LogP contribution in [0.5, 0.6) is 0 Å². The van der Waals surface area contributed by atoms with Crippen molar-refractivity contribution in [1.82, 2.24) is 14.5 Å². The van der Waals surface area contributed by atoms with Gasteiger partial charge in [0.2, 0.25) is 5.91 Å². The van der Waals surface area contributed by atoms with Gasteiger partial charge in [-0.3, -0.25) is 4.79 Å². The number of rotatable bonds is 7. The number of hydrogen-bond donors (Lipinski definition) is 0. The summed E-state index contributed by atoms with van der Waals surface area (Å²) in [4.78, 5) is 19.5. The van der Waals surface area contributed by atoms with Gasteiger partial charge in [-0.15, -0.1) is 0 Å². The molecule has 27 heavy (non-hydrogen) atoms. The van der Waals surface area contributed by atoms with E-state index in [9.17, 15) is 4.79 Å². The summed E-state index contributed by atoms with van der Waals surface area (Å²) in [5, 5.41) is 0. The van der Waals surface area contributed by atoms with E-state index in [0.29, 0.717) is 6.42 Å². The second kappa shape index (κ2) is 7.95. The zero-order chi connectivity index (χ0) is 18.6. The van der Waals surface area contributed by atoms with Gasteiger partial charge in [-0.1, -0.05) is 55.8 Å². The fourth-order valence-corrected chi connectivity index (χ4v) is 4.03. The Morgan fingerprint density at radius 2 is 1.81 bits per heavy atom. The monoisotopic (exact) mass is 361 g/mol. The van der Waals surface area contributed by atoms with E-state index in [-0.39, 0.29) is 11.8 Å². The average Bonchev–Trinajstić information content (AvgIpc) is 3.25. The molecule has 1 unspecified atom stereocenters. The Bertz CT molecular complexity index is 916. The van der Waals surface area contributed by atoms with Crippen LogP contribution in [-0.4, -0.2) is 33.4 Å². The summed E-state index contributed by atoms with van der Waals surface area (Å²) in [6.07, 6.45) is 3.76. The summed E-state index contributed by atoms with van der Waals surface area (Å²) in [6.45, 7) is 4.75. The van der Waals surface area contributed by atoms with E-state index in [1.807, 2.05) is 17.0 Å². The summed E-state index contributed by atoms with van der Waals surface area (Å²) in [7, 11) is 0. The van der Waals surface area contributed by atoms with Crippen LogP contribution < -0.4 is 0 Å². The van der Waals surface area contributed by atoms with Gasteiger partial charge in [0.25, 0.3) is 0 Å². The number of likely N-dealkylation sites (tertiary alicyclic amines) is 1. The minimum Gasteiger partial charge on any atom is -0.342 e. The Morgan fingerprint density at radius 3 is 2.63 bits per heavy atom. The first kappa shape index (κ1) is 17.8. The van der Waals surface area contributed by atoms with Crippen LogP contribution in [0.1, 0.15) is 43.5 Å². The van der Waals surface area contributed by atoms with Gasteiger partial charge in [-0.2, -0.15) is 0 Å². The maximum atomic E-state index is 12.6. The van der Waals surface area contributed by atoms with E-state index >= 15 is 0 Å². The number of aromatic nitrogens is 2. The van der Waals surface area contributed by atoms with E-state index < -0.39 is 0 Å². The first-order valence-corrected chi connectivity index (χ1v) is 10.0. The average molecular weight is 361 g/mol. The summed E-state index contributed by atoms with van der Waals surface area (Å²) in [6, 6.07) is 18.7. The predicted octanol–water partition coefficient (Wildman–Crippen LogP) is 4.40. The Kier molecular flexibility index (Phi) is 5.23. The lowest BCUT2D eigenvalue weighted by Gasteiger charge is -2.17. The first-order chi connectivity index (χ1) is 13.3. The third kappa shape index (κ3) is 3.75. The number of hydrogen-bond acceptors (Lipinski definition) is 2. The molecule has 4 rings (SSSR count). The minimum absolute atomic E-state index is 0.192. The molecule has 0 spiro atoms. The number of benzene rings is 2. The molecule has 140 valence electrons. The molecule has 2 aromatic carbocycles. The van der Waals surface area contributed by atoms with E-state index in [1.165, 1.54) is 11.1 Å². The van der Waals surface area contributed by atoms with E-state index in [1.54, 1.807) is 0 Å². The molecule has 1 aliphatic rings. The van der Waals surface area contributed by atoms with Gasteiger partial charge in [0.15, 0.2) is 0 Å². The highest BCUT2D eigenvalue weighted by atomic mass is 16.2. The van der Waals surface area contributed by atoms with Gasteiger partial charge in [0.05, 0.1) is 11.0 Å². The molecule has 0 saturated carbocycles. The molecule has 1 aromatic heterocycles. The van der Waals surface area contributed by atoms with Crippen molar-refractivity contribution in [3.8, 4) is 0 Å². The summed E-state index contributed by atoms with van der Waals surface area (Å²) in [5.74, 6) is 1.53. The van der Waals surface area contributed by atoms with Crippen molar-refractivity contribution in [3.63, 3.8) is 0 Å². The van der Waals surface area contributed by atoms with Gasteiger partial charge in [-0.05, 0) is 30.5 Å². The largest absolute Gasteiger partial charge is 0.342 e. The van der Waals surface area contributed by atoms with Gasteiger partial charge in [-0.25, -0.2) is 4.98 Å². The Morgan fingerprint density at radius 1 is 1.04 bits per heavy atom. The van der Waals surface area contributed by atoms with Crippen LogP contribution in [0.3, 0.4) is 0 Å². The maximum Gasteiger partial charge on any atom is 0.223 e. The van der Waals surface area contributed by atoms with Crippen molar-refractivity contribution in [2.75, 3.05) is 13.1 Å². The van der Waals surface area contributed by atoms with Crippen LogP contribution in [-0.2, 0) is 17.8 Å². The predicted molar refractivity (Wildman–Crippen MR) is 109 cm³/mol. The van der Waals surface area contributed by atoms with Gasteiger partial charge in [0, 0.05) is 32.0 Å². The molecule has 1 atom stereocenters. The van der Waals surface area contributed by atoms with Crippen LogP contribution in [0.25, 0.3) is 11.0 Å². The lowest BCUT2D eigenvalue weighted by Crippen LogP contribution is -2.27. The number of imidazole rings is 1. The quantitative estimate of drug-likeness (QED) is 0.626. The molecule has 4 nitrogen and oxygen atoms in total. The number of nitrogens with zero attached hydrogens (tertiary/aromatic N) is 3.